The maximum Gasteiger partial charge on any atom is 0.209 e. The van der Waals surface area contributed by atoms with Crippen molar-refractivity contribution in [3.8, 4) is 0 Å². The first kappa shape index (κ1) is 15.7. The first-order chi connectivity index (χ1) is 9.41. The van der Waals surface area contributed by atoms with Crippen LogP contribution in [0.2, 0.25) is 5.02 Å². The summed E-state index contributed by atoms with van der Waals surface area (Å²) in [5.41, 5.74) is 0.579. The predicted molar refractivity (Wildman–Crippen MR) is 75.4 cm³/mol. The highest BCUT2D eigenvalue weighted by Crippen LogP contribution is 2.36. The summed E-state index contributed by atoms with van der Waals surface area (Å²) in [4.78, 5) is 0. The molecule has 0 radical (unpaired) electrons. The van der Waals surface area contributed by atoms with E-state index in [9.17, 15) is 8.42 Å². The van der Waals surface area contributed by atoms with Crippen LogP contribution in [0.4, 0.5) is 0 Å². The van der Waals surface area contributed by atoms with Gasteiger partial charge in [0.05, 0.1) is 13.2 Å². The number of hydrogen-bond donors (Lipinski definition) is 1. The fourth-order valence-electron chi connectivity index (χ4n) is 2.06. The van der Waals surface area contributed by atoms with Crippen molar-refractivity contribution < 1.29 is 23.0 Å². The number of sulfone groups is 1. The van der Waals surface area contributed by atoms with Crippen molar-refractivity contribution in [3.05, 3.63) is 34.9 Å². The van der Waals surface area contributed by atoms with Crippen LogP contribution < -0.4 is 0 Å². The van der Waals surface area contributed by atoms with Gasteiger partial charge < -0.3 is 14.6 Å². The van der Waals surface area contributed by atoms with Gasteiger partial charge in [-0.25, -0.2) is 8.42 Å². The first-order valence-corrected chi connectivity index (χ1v) is 8.50. The summed E-state index contributed by atoms with van der Waals surface area (Å²) in [6.07, 6.45) is -0.530. The van der Waals surface area contributed by atoms with E-state index in [1.807, 2.05) is 0 Å². The van der Waals surface area contributed by atoms with E-state index in [2.05, 4.69) is 0 Å². The van der Waals surface area contributed by atoms with E-state index in [0.717, 1.165) is 0 Å². The van der Waals surface area contributed by atoms with E-state index in [1.54, 1.807) is 31.2 Å². The summed E-state index contributed by atoms with van der Waals surface area (Å²) in [5, 5.41) is 9.71. The van der Waals surface area contributed by atoms with Gasteiger partial charge in [-0.2, -0.15) is 0 Å². The minimum absolute atomic E-state index is 0.00114. The average molecular weight is 321 g/mol. The van der Waals surface area contributed by atoms with Gasteiger partial charge in [0, 0.05) is 16.3 Å². The lowest BCUT2D eigenvalue weighted by Crippen LogP contribution is -2.37. The number of halogens is 1. The van der Waals surface area contributed by atoms with Crippen molar-refractivity contribution in [2.45, 2.75) is 18.8 Å². The standard InChI is InChI=1S/C13H17ClO5S/c1-2-20(16,17)9-13(18-8-12(7-15)19-13)10-3-5-11(14)6-4-10/h3-6,12,15H,2,7-9H2,1H3. The molecule has 112 valence electrons. The molecule has 5 nitrogen and oxygen atoms in total. The average Bonchev–Trinajstić information content (AvgIpc) is 2.83. The zero-order chi connectivity index (χ0) is 14.8. The minimum atomic E-state index is -3.32. The molecule has 1 aliphatic heterocycles. The molecule has 0 saturated carbocycles. The second kappa shape index (κ2) is 5.99. The van der Waals surface area contributed by atoms with Crippen LogP contribution in [0.1, 0.15) is 12.5 Å². The van der Waals surface area contributed by atoms with Crippen molar-refractivity contribution in [1.29, 1.82) is 0 Å². The molecule has 0 spiro atoms. The molecule has 1 aromatic carbocycles. The van der Waals surface area contributed by atoms with Gasteiger partial charge in [0.1, 0.15) is 11.9 Å². The molecule has 20 heavy (non-hydrogen) atoms. The van der Waals surface area contributed by atoms with Crippen molar-refractivity contribution in [1.82, 2.24) is 0 Å². The third-order valence-corrected chi connectivity index (χ3v) is 5.15. The number of aliphatic hydroxyl groups is 1. The van der Waals surface area contributed by atoms with Gasteiger partial charge >= 0.3 is 0 Å². The van der Waals surface area contributed by atoms with Crippen LogP contribution in [0.5, 0.6) is 0 Å². The molecule has 2 rings (SSSR count). The van der Waals surface area contributed by atoms with Gasteiger partial charge in [0.2, 0.25) is 5.79 Å². The molecular formula is C13H17ClO5S. The fraction of sp³-hybridized carbons (Fsp3) is 0.538. The normalized spacial score (nSPS) is 26.9. The zero-order valence-electron chi connectivity index (χ0n) is 11.1. The Morgan fingerprint density at radius 2 is 2.05 bits per heavy atom. The van der Waals surface area contributed by atoms with Crippen molar-refractivity contribution >= 4 is 21.4 Å². The second-order valence-electron chi connectivity index (χ2n) is 4.67. The van der Waals surface area contributed by atoms with E-state index < -0.39 is 21.7 Å². The van der Waals surface area contributed by atoms with Crippen molar-refractivity contribution in [2.75, 3.05) is 24.7 Å². The molecule has 0 aromatic heterocycles. The van der Waals surface area contributed by atoms with E-state index in [4.69, 9.17) is 26.2 Å². The first-order valence-electron chi connectivity index (χ1n) is 6.30. The Kier molecular flexibility index (Phi) is 4.71. The molecular weight excluding hydrogens is 304 g/mol. The third-order valence-electron chi connectivity index (χ3n) is 3.20. The minimum Gasteiger partial charge on any atom is -0.394 e. The van der Waals surface area contributed by atoms with Gasteiger partial charge in [0.25, 0.3) is 0 Å². The van der Waals surface area contributed by atoms with E-state index in [1.165, 1.54) is 0 Å². The molecule has 1 saturated heterocycles. The Morgan fingerprint density at radius 3 is 2.55 bits per heavy atom. The number of hydrogen-bond acceptors (Lipinski definition) is 5. The van der Waals surface area contributed by atoms with Crippen LogP contribution >= 0.6 is 11.6 Å². The Labute approximate surface area is 123 Å². The molecule has 1 fully saturated rings. The molecule has 1 heterocycles. The molecule has 1 N–H and O–H groups in total. The van der Waals surface area contributed by atoms with Gasteiger partial charge in [-0.15, -0.1) is 0 Å². The monoisotopic (exact) mass is 320 g/mol. The van der Waals surface area contributed by atoms with Crippen LogP contribution in [0.3, 0.4) is 0 Å². The lowest BCUT2D eigenvalue weighted by atomic mass is 10.1. The zero-order valence-corrected chi connectivity index (χ0v) is 12.7. The third kappa shape index (κ3) is 3.32. The Balaban J connectivity index is 2.37. The molecule has 2 unspecified atom stereocenters. The maximum atomic E-state index is 11.9. The summed E-state index contributed by atoms with van der Waals surface area (Å²) >= 11 is 5.84. The highest BCUT2D eigenvalue weighted by atomic mass is 35.5. The molecule has 1 aliphatic rings. The fourth-order valence-corrected chi connectivity index (χ4v) is 3.29. The van der Waals surface area contributed by atoms with Gasteiger partial charge in [-0.05, 0) is 12.1 Å². The van der Waals surface area contributed by atoms with Crippen molar-refractivity contribution in [3.63, 3.8) is 0 Å². The quantitative estimate of drug-likeness (QED) is 0.886. The Morgan fingerprint density at radius 1 is 1.40 bits per heavy atom. The lowest BCUT2D eigenvalue weighted by molar-refractivity contribution is -0.162. The maximum absolute atomic E-state index is 11.9. The molecule has 0 amide bonds. The van der Waals surface area contributed by atoms with Gasteiger partial charge in [0.15, 0.2) is 9.84 Å². The van der Waals surface area contributed by atoms with Crippen molar-refractivity contribution in [2.24, 2.45) is 0 Å². The van der Waals surface area contributed by atoms with Crippen LogP contribution in [-0.2, 0) is 25.1 Å². The smallest absolute Gasteiger partial charge is 0.209 e. The summed E-state index contributed by atoms with van der Waals surface area (Å²) in [5.74, 6) is -1.65. The number of ether oxygens (including phenoxy) is 2. The number of aliphatic hydroxyl groups excluding tert-OH is 1. The van der Waals surface area contributed by atoms with E-state index in [0.29, 0.717) is 10.6 Å². The SMILES string of the molecule is CCS(=O)(=O)CC1(c2ccc(Cl)cc2)OCC(CO)O1. The summed E-state index contributed by atoms with van der Waals surface area (Å²) in [6.45, 7) is 1.50. The summed E-state index contributed by atoms with van der Waals surface area (Å²) in [6, 6.07) is 6.65. The van der Waals surface area contributed by atoms with Crippen LogP contribution in [0, 0.1) is 0 Å². The van der Waals surface area contributed by atoms with Crippen LogP contribution in [0.25, 0.3) is 0 Å². The van der Waals surface area contributed by atoms with E-state index >= 15 is 0 Å². The van der Waals surface area contributed by atoms with Crippen LogP contribution in [-0.4, -0.2) is 44.3 Å². The molecule has 1 aromatic rings. The lowest BCUT2D eigenvalue weighted by Gasteiger charge is -2.28. The summed E-state index contributed by atoms with van der Waals surface area (Å²) < 4.78 is 35.2. The number of rotatable bonds is 5. The molecule has 7 heteroatoms. The largest absolute Gasteiger partial charge is 0.394 e. The topological polar surface area (TPSA) is 72.8 Å². The highest BCUT2D eigenvalue weighted by Gasteiger charge is 2.46. The summed E-state index contributed by atoms with van der Waals surface area (Å²) in [7, 11) is -3.32. The number of benzene rings is 1. The molecule has 2 atom stereocenters. The van der Waals surface area contributed by atoms with Gasteiger partial charge in [-0.1, -0.05) is 30.7 Å². The Hall–Kier alpha value is -0.660. The van der Waals surface area contributed by atoms with E-state index in [-0.39, 0.29) is 24.7 Å². The predicted octanol–water partition coefficient (Wildman–Crippen LogP) is 1.34. The van der Waals surface area contributed by atoms with Crippen LogP contribution in [0.15, 0.2) is 24.3 Å². The molecule has 0 aliphatic carbocycles. The Bertz CT molecular complexity index is 557. The highest BCUT2D eigenvalue weighted by molar-refractivity contribution is 7.91. The second-order valence-corrected chi connectivity index (χ2v) is 7.46. The molecule has 0 bridgehead atoms. The van der Waals surface area contributed by atoms with Gasteiger partial charge in [-0.3, -0.25) is 0 Å².